The molecular formula is C13H21ClN2O. The Hall–Kier alpha value is -0.770. The molecule has 0 aliphatic rings. The van der Waals surface area contributed by atoms with Gasteiger partial charge in [-0.05, 0) is 32.4 Å². The Morgan fingerprint density at radius 2 is 2.12 bits per heavy atom. The van der Waals surface area contributed by atoms with Gasteiger partial charge in [-0.25, -0.2) is 0 Å². The fraction of sp³-hybridized carbons (Fsp3) is 0.538. The van der Waals surface area contributed by atoms with Gasteiger partial charge in [0.05, 0.1) is 0 Å². The second kappa shape index (κ2) is 6.84. The Morgan fingerprint density at radius 3 is 2.65 bits per heavy atom. The Bertz CT molecular complexity index is 355. The van der Waals surface area contributed by atoms with Crippen molar-refractivity contribution in [2.75, 3.05) is 18.1 Å². The minimum Gasteiger partial charge on any atom is -0.396 e. The molecule has 3 nitrogen and oxygen atoms in total. The minimum absolute atomic E-state index is 0.196. The van der Waals surface area contributed by atoms with Crippen molar-refractivity contribution in [3.05, 3.63) is 28.8 Å². The van der Waals surface area contributed by atoms with Crippen LogP contribution in [-0.4, -0.2) is 24.3 Å². The van der Waals surface area contributed by atoms with E-state index in [0.717, 1.165) is 24.2 Å². The maximum Gasteiger partial charge on any atom is 0.0471 e. The molecule has 0 aliphatic carbocycles. The molecule has 1 aromatic rings. The van der Waals surface area contributed by atoms with Gasteiger partial charge >= 0.3 is 0 Å². The standard InChI is InChI=1S/C13H21ClN2O/c1-10(2)16(7-4-8-17)13-6-3-5-12(14)11(13)9-15/h3,5-6,10,17H,4,7-9,15H2,1-2H3. The first kappa shape index (κ1) is 14.3. The highest BCUT2D eigenvalue weighted by molar-refractivity contribution is 6.31. The molecule has 17 heavy (non-hydrogen) atoms. The highest BCUT2D eigenvalue weighted by atomic mass is 35.5. The molecule has 0 aromatic heterocycles. The molecule has 3 N–H and O–H groups in total. The molecule has 0 spiro atoms. The molecule has 0 amide bonds. The number of benzene rings is 1. The summed E-state index contributed by atoms with van der Waals surface area (Å²) in [6.07, 6.45) is 0.745. The lowest BCUT2D eigenvalue weighted by atomic mass is 10.1. The lowest BCUT2D eigenvalue weighted by Gasteiger charge is -2.31. The number of halogens is 1. The summed E-state index contributed by atoms with van der Waals surface area (Å²) < 4.78 is 0. The fourth-order valence-corrected chi connectivity index (χ4v) is 2.16. The summed E-state index contributed by atoms with van der Waals surface area (Å²) in [4.78, 5) is 2.23. The van der Waals surface area contributed by atoms with Gasteiger partial charge in [-0.3, -0.25) is 0 Å². The maximum atomic E-state index is 8.95. The van der Waals surface area contributed by atoms with E-state index >= 15 is 0 Å². The van der Waals surface area contributed by atoms with Crippen LogP contribution in [-0.2, 0) is 6.54 Å². The summed E-state index contributed by atoms with van der Waals surface area (Å²) in [7, 11) is 0. The lowest BCUT2D eigenvalue weighted by Crippen LogP contribution is -2.33. The third-order valence-electron chi connectivity index (χ3n) is 2.79. The minimum atomic E-state index is 0.196. The summed E-state index contributed by atoms with van der Waals surface area (Å²) in [6, 6.07) is 6.18. The van der Waals surface area contributed by atoms with Gasteiger partial charge in [-0.2, -0.15) is 0 Å². The van der Waals surface area contributed by atoms with Crippen molar-refractivity contribution in [1.29, 1.82) is 0 Å². The zero-order valence-electron chi connectivity index (χ0n) is 10.5. The molecule has 1 aromatic carbocycles. The topological polar surface area (TPSA) is 49.5 Å². The summed E-state index contributed by atoms with van der Waals surface area (Å²) >= 11 is 6.16. The largest absolute Gasteiger partial charge is 0.396 e. The predicted molar refractivity (Wildman–Crippen MR) is 73.5 cm³/mol. The van der Waals surface area contributed by atoms with E-state index in [2.05, 4.69) is 18.7 Å². The van der Waals surface area contributed by atoms with Crippen LogP contribution in [0.2, 0.25) is 5.02 Å². The lowest BCUT2D eigenvalue weighted by molar-refractivity contribution is 0.288. The molecule has 4 heteroatoms. The van der Waals surface area contributed by atoms with Crippen LogP contribution in [0.25, 0.3) is 0 Å². The van der Waals surface area contributed by atoms with Crippen molar-refractivity contribution in [2.24, 2.45) is 5.73 Å². The number of aliphatic hydroxyl groups is 1. The van der Waals surface area contributed by atoms with Crippen molar-refractivity contribution in [3.8, 4) is 0 Å². The second-order valence-corrected chi connectivity index (χ2v) is 4.71. The van der Waals surface area contributed by atoms with Gasteiger partial charge in [0.15, 0.2) is 0 Å². The fourth-order valence-electron chi connectivity index (χ4n) is 1.92. The van der Waals surface area contributed by atoms with Crippen LogP contribution in [0.1, 0.15) is 25.8 Å². The van der Waals surface area contributed by atoms with Gasteiger partial charge in [-0.15, -0.1) is 0 Å². The normalized spacial score (nSPS) is 10.9. The van der Waals surface area contributed by atoms with Gasteiger partial charge in [0.25, 0.3) is 0 Å². The van der Waals surface area contributed by atoms with Gasteiger partial charge in [0.1, 0.15) is 0 Å². The van der Waals surface area contributed by atoms with E-state index in [1.165, 1.54) is 0 Å². The van der Waals surface area contributed by atoms with E-state index in [4.69, 9.17) is 22.4 Å². The van der Waals surface area contributed by atoms with Gasteiger partial charge in [0, 0.05) is 42.0 Å². The maximum absolute atomic E-state index is 8.95. The summed E-state index contributed by atoms with van der Waals surface area (Å²) in [6.45, 7) is 5.68. The van der Waals surface area contributed by atoms with E-state index < -0.39 is 0 Å². The van der Waals surface area contributed by atoms with E-state index in [1.54, 1.807) is 0 Å². The molecule has 0 fully saturated rings. The van der Waals surface area contributed by atoms with Crippen molar-refractivity contribution in [2.45, 2.75) is 32.9 Å². The zero-order valence-corrected chi connectivity index (χ0v) is 11.2. The molecule has 0 saturated carbocycles. The quantitative estimate of drug-likeness (QED) is 0.822. The van der Waals surface area contributed by atoms with E-state index in [-0.39, 0.29) is 6.61 Å². The van der Waals surface area contributed by atoms with Crippen molar-refractivity contribution in [3.63, 3.8) is 0 Å². The molecule has 1 rings (SSSR count). The van der Waals surface area contributed by atoms with Crippen LogP contribution in [0, 0.1) is 0 Å². The Kier molecular flexibility index (Phi) is 5.75. The average Bonchev–Trinajstić information content (AvgIpc) is 2.29. The summed E-state index contributed by atoms with van der Waals surface area (Å²) in [5.41, 5.74) is 7.80. The van der Waals surface area contributed by atoms with Crippen molar-refractivity contribution < 1.29 is 5.11 Å². The van der Waals surface area contributed by atoms with Crippen LogP contribution in [0.5, 0.6) is 0 Å². The molecule has 0 bridgehead atoms. The monoisotopic (exact) mass is 256 g/mol. The molecule has 0 radical (unpaired) electrons. The number of rotatable bonds is 6. The first-order valence-corrected chi connectivity index (χ1v) is 6.34. The molecule has 0 unspecified atom stereocenters. The number of nitrogens with two attached hydrogens (primary N) is 1. The zero-order chi connectivity index (χ0) is 12.8. The van der Waals surface area contributed by atoms with E-state index in [9.17, 15) is 0 Å². The molecule has 0 heterocycles. The predicted octanol–water partition coefficient (Wildman–Crippen LogP) is 2.40. The molecule has 0 aliphatic heterocycles. The van der Waals surface area contributed by atoms with E-state index in [1.807, 2.05) is 18.2 Å². The molecule has 96 valence electrons. The Labute approximate surface area is 108 Å². The summed E-state index contributed by atoms with van der Waals surface area (Å²) in [5.74, 6) is 0. The number of hydrogen-bond donors (Lipinski definition) is 2. The third kappa shape index (κ3) is 3.60. The number of anilines is 1. The van der Waals surface area contributed by atoms with Crippen LogP contribution < -0.4 is 10.6 Å². The highest BCUT2D eigenvalue weighted by Gasteiger charge is 2.15. The summed E-state index contributed by atoms with van der Waals surface area (Å²) in [5, 5.41) is 9.66. The smallest absolute Gasteiger partial charge is 0.0471 e. The van der Waals surface area contributed by atoms with Crippen LogP contribution in [0.3, 0.4) is 0 Å². The van der Waals surface area contributed by atoms with Crippen LogP contribution in [0.15, 0.2) is 18.2 Å². The van der Waals surface area contributed by atoms with Crippen LogP contribution >= 0.6 is 11.6 Å². The average molecular weight is 257 g/mol. The van der Waals surface area contributed by atoms with Gasteiger partial charge in [-0.1, -0.05) is 17.7 Å². The third-order valence-corrected chi connectivity index (χ3v) is 3.14. The van der Waals surface area contributed by atoms with E-state index in [0.29, 0.717) is 17.6 Å². The van der Waals surface area contributed by atoms with Gasteiger partial charge in [0.2, 0.25) is 0 Å². The molecular weight excluding hydrogens is 236 g/mol. The number of nitrogens with zero attached hydrogens (tertiary/aromatic N) is 1. The van der Waals surface area contributed by atoms with Crippen molar-refractivity contribution >= 4 is 17.3 Å². The van der Waals surface area contributed by atoms with Crippen LogP contribution in [0.4, 0.5) is 5.69 Å². The Morgan fingerprint density at radius 1 is 1.41 bits per heavy atom. The number of aliphatic hydroxyl groups excluding tert-OH is 1. The Balaban J connectivity index is 3.04. The van der Waals surface area contributed by atoms with Gasteiger partial charge < -0.3 is 15.7 Å². The second-order valence-electron chi connectivity index (χ2n) is 4.31. The van der Waals surface area contributed by atoms with Crippen molar-refractivity contribution in [1.82, 2.24) is 0 Å². The SMILES string of the molecule is CC(C)N(CCCO)c1cccc(Cl)c1CN. The molecule has 0 saturated heterocycles. The molecule has 0 atom stereocenters. The highest BCUT2D eigenvalue weighted by Crippen LogP contribution is 2.28. The number of hydrogen-bond acceptors (Lipinski definition) is 3. The first-order chi connectivity index (χ1) is 8.11. The first-order valence-electron chi connectivity index (χ1n) is 5.96.